The highest BCUT2D eigenvalue weighted by molar-refractivity contribution is 5.78. The molecule has 1 aliphatic carbocycles. The summed E-state index contributed by atoms with van der Waals surface area (Å²) in [5.41, 5.74) is 0. The molecule has 1 unspecified atom stereocenters. The van der Waals surface area contributed by atoms with Crippen molar-refractivity contribution in [2.75, 3.05) is 27.2 Å². The fourth-order valence-corrected chi connectivity index (χ4v) is 2.65. The lowest BCUT2D eigenvalue weighted by Crippen LogP contribution is -2.48. The van der Waals surface area contributed by atoms with E-state index in [0.717, 1.165) is 19.4 Å². The Hall–Kier alpha value is -0.610. The molecular formula is C15H31N3O. The van der Waals surface area contributed by atoms with Crippen LogP contribution in [0.2, 0.25) is 0 Å². The van der Waals surface area contributed by atoms with Gasteiger partial charge in [-0.3, -0.25) is 4.79 Å². The molecular weight excluding hydrogens is 238 g/mol. The first kappa shape index (κ1) is 16.4. The van der Waals surface area contributed by atoms with Crippen molar-refractivity contribution in [1.82, 2.24) is 15.5 Å². The summed E-state index contributed by atoms with van der Waals surface area (Å²) in [6, 6.07) is 0.779. The smallest absolute Gasteiger partial charge is 0.234 e. The van der Waals surface area contributed by atoms with Gasteiger partial charge in [-0.05, 0) is 32.9 Å². The molecule has 0 saturated heterocycles. The lowest BCUT2D eigenvalue weighted by molar-refractivity contribution is -0.121. The van der Waals surface area contributed by atoms with Crippen molar-refractivity contribution in [3.63, 3.8) is 0 Å². The fraction of sp³-hybridized carbons (Fsp3) is 0.933. The summed E-state index contributed by atoms with van der Waals surface area (Å²) in [5.74, 6) is 0.682. The SMILES string of the molecule is CC(C)C(CN(C)C)NCC(=O)NC1CCCCC1. The Morgan fingerprint density at radius 3 is 2.37 bits per heavy atom. The first-order chi connectivity index (χ1) is 8.99. The predicted molar refractivity (Wildman–Crippen MR) is 80.2 cm³/mol. The Balaban J connectivity index is 2.26. The molecule has 0 heterocycles. The number of hydrogen-bond donors (Lipinski definition) is 2. The second-order valence-corrected chi connectivity index (χ2v) is 6.40. The Bertz CT molecular complexity index is 260. The van der Waals surface area contributed by atoms with Crippen LogP contribution in [-0.2, 0) is 4.79 Å². The monoisotopic (exact) mass is 269 g/mol. The second kappa shape index (κ2) is 8.54. The number of carbonyl (C=O) groups excluding carboxylic acids is 1. The number of carbonyl (C=O) groups is 1. The molecule has 0 aromatic carbocycles. The molecule has 0 bridgehead atoms. The molecule has 19 heavy (non-hydrogen) atoms. The number of hydrogen-bond acceptors (Lipinski definition) is 3. The molecule has 0 aromatic rings. The molecule has 1 atom stereocenters. The highest BCUT2D eigenvalue weighted by Crippen LogP contribution is 2.17. The number of amides is 1. The molecule has 1 amide bonds. The maximum absolute atomic E-state index is 11.9. The van der Waals surface area contributed by atoms with Crippen molar-refractivity contribution < 1.29 is 4.79 Å². The third-order valence-corrected chi connectivity index (χ3v) is 3.86. The summed E-state index contributed by atoms with van der Waals surface area (Å²) >= 11 is 0. The Labute approximate surface area is 118 Å². The molecule has 1 rings (SSSR count). The summed E-state index contributed by atoms with van der Waals surface area (Å²) in [6.45, 7) is 5.79. The van der Waals surface area contributed by atoms with Gasteiger partial charge >= 0.3 is 0 Å². The van der Waals surface area contributed by atoms with Gasteiger partial charge in [-0.25, -0.2) is 0 Å². The number of nitrogens with one attached hydrogen (secondary N) is 2. The van der Waals surface area contributed by atoms with Crippen LogP contribution in [0.5, 0.6) is 0 Å². The van der Waals surface area contributed by atoms with Gasteiger partial charge < -0.3 is 15.5 Å². The molecule has 2 N–H and O–H groups in total. The van der Waals surface area contributed by atoms with E-state index in [2.05, 4.69) is 43.5 Å². The van der Waals surface area contributed by atoms with Gasteiger partial charge in [-0.15, -0.1) is 0 Å². The summed E-state index contributed by atoms with van der Waals surface area (Å²) in [5, 5.41) is 6.54. The molecule has 0 radical (unpaired) electrons. The molecule has 4 nitrogen and oxygen atoms in total. The topological polar surface area (TPSA) is 44.4 Å². The van der Waals surface area contributed by atoms with E-state index in [4.69, 9.17) is 0 Å². The third-order valence-electron chi connectivity index (χ3n) is 3.86. The van der Waals surface area contributed by atoms with Gasteiger partial charge in [0.15, 0.2) is 0 Å². The van der Waals surface area contributed by atoms with Gasteiger partial charge in [-0.1, -0.05) is 33.1 Å². The van der Waals surface area contributed by atoms with Gasteiger partial charge in [0.1, 0.15) is 0 Å². The second-order valence-electron chi connectivity index (χ2n) is 6.40. The maximum Gasteiger partial charge on any atom is 0.234 e. The number of likely N-dealkylation sites (N-methyl/N-ethyl adjacent to an activating group) is 1. The van der Waals surface area contributed by atoms with E-state index >= 15 is 0 Å². The van der Waals surface area contributed by atoms with Crippen LogP contribution in [0.15, 0.2) is 0 Å². The average molecular weight is 269 g/mol. The molecule has 0 spiro atoms. The van der Waals surface area contributed by atoms with Crippen LogP contribution in [0.4, 0.5) is 0 Å². The van der Waals surface area contributed by atoms with Crippen molar-refractivity contribution in [2.45, 2.75) is 58.0 Å². The normalized spacial score (nSPS) is 18.8. The zero-order chi connectivity index (χ0) is 14.3. The maximum atomic E-state index is 11.9. The van der Waals surface area contributed by atoms with Crippen LogP contribution >= 0.6 is 0 Å². The molecule has 1 saturated carbocycles. The number of rotatable bonds is 7. The third kappa shape index (κ3) is 6.92. The highest BCUT2D eigenvalue weighted by atomic mass is 16.2. The van der Waals surface area contributed by atoms with Gasteiger partial charge in [0.25, 0.3) is 0 Å². The Morgan fingerprint density at radius 1 is 1.21 bits per heavy atom. The fourth-order valence-electron chi connectivity index (χ4n) is 2.65. The van der Waals surface area contributed by atoms with E-state index in [1.807, 2.05) is 0 Å². The van der Waals surface area contributed by atoms with Gasteiger partial charge in [-0.2, -0.15) is 0 Å². The lowest BCUT2D eigenvalue weighted by Gasteiger charge is -2.27. The summed E-state index contributed by atoms with van der Waals surface area (Å²) < 4.78 is 0. The minimum Gasteiger partial charge on any atom is -0.352 e. The van der Waals surface area contributed by atoms with E-state index < -0.39 is 0 Å². The quantitative estimate of drug-likeness (QED) is 0.738. The van der Waals surface area contributed by atoms with Crippen LogP contribution in [0, 0.1) is 5.92 Å². The first-order valence-corrected chi connectivity index (χ1v) is 7.66. The summed E-state index contributed by atoms with van der Waals surface area (Å²) in [4.78, 5) is 14.1. The van der Waals surface area contributed by atoms with Crippen LogP contribution in [0.1, 0.15) is 46.0 Å². The minimum absolute atomic E-state index is 0.149. The summed E-state index contributed by atoms with van der Waals surface area (Å²) in [7, 11) is 4.14. The van der Waals surface area contributed by atoms with Crippen molar-refractivity contribution >= 4 is 5.91 Å². The lowest BCUT2D eigenvalue weighted by atomic mass is 9.95. The number of nitrogens with zero attached hydrogens (tertiary/aromatic N) is 1. The van der Waals surface area contributed by atoms with Crippen LogP contribution in [-0.4, -0.2) is 50.1 Å². The molecule has 4 heteroatoms. The van der Waals surface area contributed by atoms with Gasteiger partial charge in [0.2, 0.25) is 5.91 Å². The highest BCUT2D eigenvalue weighted by Gasteiger charge is 2.18. The molecule has 1 aliphatic rings. The Kier molecular flexibility index (Phi) is 7.39. The predicted octanol–water partition coefficient (Wildman–Crippen LogP) is 1.61. The first-order valence-electron chi connectivity index (χ1n) is 7.66. The largest absolute Gasteiger partial charge is 0.352 e. The molecule has 0 aromatic heterocycles. The zero-order valence-electron chi connectivity index (χ0n) is 13.0. The van der Waals surface area contributed by atoms with Gasteiger partial charge in [0.05, 0.1) is 6.54 Å². The average Bonchev–Trinajstić information content (AvgIpc) is 2.35. The van der Waals surface area contributed by atoms with Crippen molar-refractivity contribution in [2.24, 2.45) is 5.92 Å². The molecule has 0 aliphatic heterocycles. The Morgan fingerprint density at radius 2 is 1.84 bits per heavy atom. The van der Waals surface area contributed by atoms with Crippen LogP contribution < -0.4 is 10.6 Å². The van der Waals surface area contributed by atoms with E-state index in [1.54, 1.807) is 0 Å². The van der Waals surface area contributed by atoms with Crippen molar-refractivity contribution in [3.05, 3.63) is 0 Å². The standard InChI is InChI=1S/C15H31N3O/c1-12(2)14(11-18(3)4)16-10-15(19)17-13-8-6-5-7-9-13/h12-14,16H,5-11H2,1-4H3,(H,17,19). The van der Waals surface area contributed by atoms with E-state index in [1.165, 1.54) is 19.3 Å². The van der Waals surface area contributed by atoms with Crippen LogP contribution in [0.25, 0.3) is 0 Å². The van der Waals surface area contributed by atoms with E-state index in [-0.39, 0.29) is 5.91 Å². The minimum atomic E-state index is 0.149. The van der Waals surface area contributed by atoms with E-state index in [0.29, 0.717) is 24.5 Å². The van der Waals surface area contributed by atoms with Crippen molar-refractivity contribution in [1.29, 1.82) is 0 Å². The molecule has 112 valence electrons. The van der Waals surface area contributed by atoms with Crippen molar-refractivity contribution in [3.8, 4) is 0 Å². The molecule has 1 fully saturated rings. The van der Waals surface area contributed by atoms with Crippen LogP contribution in [0.3, 0.4) is 0 Å². The zero-order valence-corrected chi connectivity index (χ0v) is 13.0. The van der Waals surface area contributed by atoms with E-state index in [9.17, 15) is 4.79 Å². The summed E-state index contributed by atoms with van der Waals surface area (Å²) in [6.07, 6.45) is 6.14. The van der Waals surface area contributed by atoms with Gasteiger partial charge in [0, 0.05) is 18.6 Å².